The minimum Gasteiger partial charge on any atom is -0.326 e. The molecule has 15 heavy (non-hydrogen) atoms. The zero-order valence-electron chi connectivity index (χ0n) is 8.28. The normalized spacial score (nSPS) is 16.1. The summed E-state index contributed by atoms with van der Waals surface area (Å²) in [5.41, 5.74) is 7.04. The van der Waals surface area contributed by atoms with E-state index in [1.807, 2.05) is 4.68 Å². The highest BCUT2D eigenvalue weighted by Crippen LogP contribution is 2.37. The second-order valence-electron chi connectivity index (χ2n) is 3.99. The van der Waals surface area contributed by atoms with Crippen LogP contribution in [0.25, 0.3) is 10.9 Å². The number of aromatic nitrogens is 2. The number of nitrogens with zero attached hydrogens (tertiary/aromatic N) is 2. The van der Waals surface area contributed by atoms with Crippen LogP contribution in [0.5, 0.6) is 0 Å². The Hall–Kier alpha value is -1.42. The van der Waals surface area contributed by atoms with Gasteiger partial charge in [0, 0.05) is 17.5 Å². The first kappa shape index (κ1) is 8.85. The van der Waals surface area contributed by atoms with Crippen molar-refractivity contribution in [3.05, 3.63) is 29.7 Å². The zero-order chi connectivity index (χ0) is 10.4. The summed E-state index contributed by atoms with van der Waals surface area (Å²) in [6.07, 6.45) is 4.06. The minimum absolute atomic E-state index is 0.224. The van der Waals surface area contributed by atoms with Gasteiger partial charge in [-0.25, -0.2) is 4.39 Å². The van der Waals surface area contributed by atoms with Gasteiger partial charge in [-0.2, -0.15) is 5.10 Å². The lowest BCUT2D eigenvalue weighted by atomic mass is 10.1. The Morgan fingerprint density at radius 3 is 2.93 bits per heavy atom. The van der Waals surface area contributed by atoms with Gasteiger partial charge in [0.1, 0.15) is 5.82 Å². The first-order valence-electron chi connectivity index (χ1n) is 5.16. The Bertz CT molecular complexity index is 514. The van der Waals surface area contributed by atoms with Gasteiger partial charge in [0.2, 0.25) is 0 Å². The van der Waals surface area contributed by atoms with Crippen molar-refractivity contribution in [2.24, 2.45) is 5.73 Å². The average Bonchev–Trinajstić information content (AvgIpc) is 2.99. The fourth-order valence-corrected chi connectivity index (χ4v) is 1.98. The van der Waals surface area contributed by atoms with Crippen molar-refractivity contribution in [2.75, 3.05) is 0 Å². The van der Waals surface area contributed by atoms with E-state index in [0.29, 0.717) is 11.6 Å². The molecule has 0 spiro atoms. The molecule has 0 radical (unpaired) electrons. The summed E-state index contributed by atoms with van der Waals surface area (Å²) >= 11 is 0. The van der Waals surface area contributed by atoms with Crippen molar-refractivity contribution in [1.29, 1.82) is 0 Å². The molecule has 1 saturated carbocycles. The molecule has 1 aliphatic carbocycles. The number of hydrogen-bond acceptors (Lipinski definition) is 2. The molecule has 1 heterocycles. The number of fused-ring (bicyclic) bond motifs is 1. The topological polar surface area (TPSA) is 43.8 Å². The average molecular weight is 205 g/mol. The quantitative estimate of drug-likeness (QED) is 0.814. The molecule has 78 valence electrons. The number of nitrogens with two attached hydrogens (primary N) is 1. The lowest BCUT2D eigenvalue weighted by molar-refractivity contribution is 0.606. The van der Waals surface area contributed by atoms with Gasteiger partial charge in [0.05, 0.1) is 17.8 Å². The molecule has 4 heteroatoms. The Kier molecular flexibility index (Phi) is 1.79. The smallest absolute Gasteiger partial charge is 0.129 e. The highest BCUT2D eigenvalue weighted by molar-refractivity contribution is 5.82. The summed E-state index contributed by atoms with van der Waals surface area (Å²) in [4.78, 5) is 0. The van der Waals surface area contributed by atoms with Crippen LogP contribution in [0.1, 0.15) is 24.4 Å². The molecule has 1 aromatic carbocycles. The fraction of sp³-hybridized carbons (Fsp3) is 0.364. The summed E-state index contributed by atoms with van der Waals surface area (Å²) in [5, 5.41) is 5.28. The van der Waals surface area contributed by atoms with E-state index in [1.165, 1.54) is 6.07 Å². The molecule has 0 atom stereocenters. The molecule has 3 rings (SSSR count). The highest BCUT2D eigenvalue weighted by Gasteiger charge is 2.27. The van der Waals surface area contributed by atoms with Gasteiger partial charge in [-0.15, -0.1) is 0 Å². The van der Waals surface area contributed by atoms with E-state index >= 15 is 0 Å². The number of benzene rings is 1. The molecule has 1 fully saturated rings. The molecule has 1 aliphatic rings. The Morgan fingerprint density at radius 1 is 1.47 bits per heavy atom. The lowest BCUT2D eigenvalue weighted by Crippen LogP contribution is -2.05. The molecule has 0 amide bonds. The van der Waals surface area contributed by atoms with Gasteiger partial charge < -0.3 is 5.73 Å². The molecule has 0 bridgehead atoms. The van der Waals surface area contributed by atoms with Crippen LogP contribution < -0.4 is 5.73 Å². The van der Waals surface area contributed by atoms with Crippen molar-refractivity contribution in [2.45, 2.75) is 25.4 Å². The molecule has 0 unspecified atom stereocenters. The number of hydrogen-bond donors (Lipinski definition) is 1. The maximum absolute atomic E-state index is 13.5. The van der Waals surface area contributed by atoms with Gasteiger partial charge in [0.15, 0.2) is 0 Å². The first-order chi connectivity index (χ1) is 7.31. The zero-order valence-corrected chi connectivity index (χ0v) is 8.28. The van der Waals surface area contributed by atoms with E-state index in [1.54, 1.807) is 12.3 Å². The number of rotatable bonds is 2. The van der Waals surface area contributed by atoms with E-state index in [2.05, 4.69) is 5.10 Å². The van der Waals surface area contributed by atoms with Gasteiger partial charge in [-0.1, -0.05) is 0 Å². The van der Waals surface area contributed by atoms with Gasteiger partial charge >= 0.3 is 0 Å². The van der Waals surface area contributed by atoms with Crippen LogP contribution >= 0.6 is 0 Å². The molecule has 1 aromatic heterocycles. The van der Waals surface area contributed by atoms with Crippen molar-refractivity contribution >= 4 is 10.9 Å². The van der Waals surface area contributed by atoms with E-state index in [4.69, 9.17) is 5.73 Å². The molecule has 2 N–H and O–H groups in total. The molecular formula is C11H12FN3. The predicted molar refractivity (Wildman–Crippen MR) is 55.9 cm³/mol. The largest absolute Gasteiger partial charge is 0.326 e. The Labute approximate surface area is 86.7 Å². The lowest BCUT2D eigenvalue weighted by Gasteiger charge is -2.06. The molecule has 0 saturated heterocycles. The van der Waals surface area contributed by atoms with E-state index < -0.39 is 0 Å². The van der Waals surface area contributed by atoms with Crippen molar-refractivity contribution in [1.82, 2.24) is 9.78 Å². The van der Waals surface area contributed by atoms with Crippen LogP contribution in [0.4, 0.5) is 4.39 Å². The minimum atomic E-state index is -0.229. The summed E-state index contributed by atoms with van der Waals surface area (Å²) in [6.45, 7) is 0.224. The standard InChI is InChI=1S/C11H12FN3/c12-10-4-1-7-6-14-15(8-2-3-8)11(7)9(10)5-13/h1,4,6,8H,2-3,5,13H2. The number of halogens is 1. The Balaban J connectivity index is 2.33. The fourth-order valence-electron chi connectivity index (χ4n) is 1.98. The third-order valence-corrected chi connectivity index (χ3v) is 2.90. The van der Waals surface area contributed by atoms with Crippen LogP contribution in [0, 0.1) is 5.82 Å². The molecule has 0 aliphatic heterocycles. The molecular weight excluding hydrogens is 193 g/mol. The first-order valence-corrected chi connectivity index (χ1v) is 5.16. The summed E-state index contributed by atoms with van der Waals surface area (Å²) in [5.74, 6) is -0.229. The Morgan fingerprint density at radius 2 is 2.27 bits per heavy atom. The summed E-state index contributed by atoms with van der Waals surface area (Å²) < 4.78 is 15.5. The molecule has 3 nitrogen and oxygen atoms in total. The van der Waals surface area contributed by atoms with E-state index in [9.17, 15) is 4.39 Å². The third kappa shape index (κ3) is 1.25. The summed E-state index contributed by atoms with van der Waals surface area (Å²) in [6, 6.07) is 3.67. The molecule has 2 aromatic rings. The maximum atomic E-state index is 13.5. The second kappa shape index (κ2) is 3.03. The third-order valence-electron chi connectivity index (χ3n) is 2.90. The highest BCUT2D eigenvalue weighted by atomic mass is 19.1. The van der Waals surface area contributed by atoms with Crippen LogP contribution in [0.2, 0.25) is 0 Å². The van der Waals surface area contributed by atoms with Crippen LogP contribution in [0.15, 0.2) is 18.3 Å². The maximum Gasteiger partial charge on any atom is 0.129 e. The van der Waals surface area contributed by atoms with Crippen LogP contribution in [-0.4, -0.2) is 9.78 Å². The van der Waals surface area contributed by atoms with E-state index in [-0.39, 0.29) is 12.4 Å². The van der Waals surface area contributed by atoms with Crippen LogP contribution in [0.3, 0.4) is 0 Å². The predicted octanol–water partition coefficient (Wildman–Crippen LogP) is 1.97. The SMILES string of the molecule is NCc1c(F)ccc2cnn(C3CC3)c12. The summed E-state index contributed by atoms with van der Waals surface area (Å²) in [7, 11) is 0. The monoisotopic (exact) mass is 205 g/mol. The van der Waals surface area contributed by atoms with Crippen molar-refractivity contribution < 1.29 is 4.39 Å². The van der Waals surface area contributed by atoms with Crippen LogP contribution in [-0.2, 0) is 6.54 Å². The van der Waals surface area contributed by atoms with E-state index in [0.717, 1.165) is 23.7 Å². The van der Waals surface area contributed by atoms with Gasteiger partial charge in [-0.3, -0.25) is 4.68 Å². The van der Waals surface area contributed by atoms with Crippen molar-refractivity contribution in [3.8, 4) is 0 Å². The van der Waals surface area contributed by atoms with Gasteiger partial charge in [0.25, 0.3) is 0 Å². The van der Waals surface area contributed by atoms with Crippen molar-refractivity contribution in [3.63, 3.8) is 0 Å². The second-order valence-corrected chi connectivity index (χ2v) is 3.99. The van der Waals surface area contributed by atoms with Gasteiger partial charge in [-0.05, 0) is 25.0 Å².